The number of anilines is 1. The lowest BCUT2D eigenvalue weighted by Crippen LogP contribution is -2.39. The SMILES string of the molecule is Cc1ccc(C)c(NC(=O)C2CC(c3cccnc3)NN2)c1. The first kappa shape index (κ1) is 14.7. The maximum Gasteiger partial charge on any atom is 0.242 e. The van der Waals surface area contributed by atoms with Gasteiger partial charge >= 0.3 is 0 Å². The minimum absolute atomic E-state index is 0.0207. The Morgan fingerprint density at radius 1 is 1.27 bits per heavy atom. The van der Waals surface area contributed by atoms with Gasteiger partial charge in [-0.2, -0.15) is 0 Å². The number of aryl methyl sites for hydroxylation is 2. The Hall–Kier alpha value is -2.24. The predicted molar refractivity (Wildman–Crippen MR) is 86.2 cm³/mol. The highest BCUT2D eigenvalue weighted by Gasteiger charge is 2.30. The van der Waals surface area contributed by atoms with Gasteiger partial charge in [0.15, 0.2) is 0 Å². The number of hydrazine groups is 1. The predicted octanol–water partition coefficient (Wildman–Crippen LogP) is 2.24. The Morgan fingerprint density at radius 3 is 2.91 bits per heavy atom. The number of carbonyl (C=O) groups is 1. The summed E-state index contributed by atoms with van der Waals surface area (Å²) in [5, 5.41) is 3.01. The lowest BCUT2D eigenvalue weighted by molar-refractivity contribution is -0.117. The second-order valence-corrected chi connectivity index (χ2v) is 5.72. The first-order chi connectivity index (χ1) is 10.6. The molecule has 22 heavy (non-hydrogen) atoms. The van der Waals surface area contributed by atoms with Crippen LogP contribution < -0.4 is 16.2 Å². The quantitative estimate of drug-likeness (QED) is 0.813. The first-order valence-corrected chi connectivity index (χ1v) is 7.42. The summed E-state index contributed by atoms with van der Waals surface area (Å²) in [5.74, 6) is -0.0207. The van der Waals surface area contributed by atoms with Gasteiger partial charge in [0.2, 0.25) is 5.91 Å². The van der Waals surface area contributed by atoms with Crippen molar-refractivity contribution in [3.05, 3.63) is 59.4 Å². The lowest BCUT2D eigenvalue weighted by atomic mass is 10.0. The van der Waals surface area contributed by atoms with Crippen LogP contribution in [-0.4, -0.2) is 16.9 Å². The van der Waals surface area contributed by atoms with Crippen molar-refractivity contribution >= 4 is 11.6 Å². The molecule has 1 aliphatic rings. The number of rotatable bonds is 3. The fourth-order valence-electron chi connectivity index (χ4n) is 2.62. The number of hydrogen-bond acceptors (Lipinski definition) is 4. The van der Waals surface area contributed by atoms with Crippen molar-refractivity contribution in [1.82, 2.24) is 15.8 Å². The fourth-order valence-corrected chi connectivity index (χ4v) is 2.62. The molecule has 0 radical (unpaired) electrons. The summed E-state index contributed by atoms with van der Waals surface area (Å²) in [5.41, 5.74) is 10.4. The zero-order valence-electron chi connectivity index (χ0n) is 12.8. The van der Waals surface area contributed by atoms with E-state index in [0.717, 1.165) is 22.4 Å². The number of hydrogen-bond donors (Lipinski definition) is 3. The van der Waals surface area contributed by atoms with Gasteiger partial charge in [0.05, 0.1) is 0 Å². The standard InChI is InChI=1S/C17H20N4O/c1-11-5-6-12(2)14(8-11)19-17(22)16-9-15(20-21-16)13-4-3-7-18-10-13/h3-8,10,15-16,20-21H,9H2,1-2H3,(H,19,22). The Morgan fingerprint density at radius 2 is 2.14 bits per heavy atom. The summed E-state index contributed by atoms with van der Waals surface area (Å²) in [6.07, 6.45) is 4.27. The molecule has 3 rings (SSSR count). The number of benzene rings is 1. The van der Waals surface area contributed by atoms with Crippen LogP contribution in [0.15, 0.2) is 42.7 Å². The van der Waals surface area contributed by atoms with Crippen molar-refractivity contribution in [1.29, 1.82) is 0 Å². The lowest BCUT2D eigenvalue weighted by Gasteiger charge is -2.13. The van der Waals surface area contributed by atoms with E-state index in [4.69, 9.17) is 0 Å². The van der Waals surface area contributed by atoms with Crippen molar-refractivity contribution in [3.63, 3.8) is 0 Å². The van der Waals surface area contributed by atoms with E-state index in [1.54, 1.807) is 6.20 Å². The average Bonchev–Trinajstić information content (AvgIpc) is 3.02. The maximum atomic E-state index is 12.4. The van der Waals surface area contributed by atoms with Crippen LogP contribution in [0.4, 0.5) is 5.69 Å². The van der Waals surface area contributed by atoms with Crippen molar-refractivity contribution in [2.75, 3.05) is 5.32 Å². The first-order valence-electron chi connectivity index (χ1n) is 7.42. The van der Waals surface area contributed by atoms with Gasteiger partial charge < -0.3 is 5.32 Å². The molecule has 1 saturated heterocycles. The molecule has 0 spiro atoms. The summed E-state index contributed by atoms with van der Waals surface area (Å²) >= 11 is 0. The zero-order valence-corrected chi connectivity index (χ0v) is 12.8. The summed E-state index contributed by atoms with van der Waals surface area (Å²) in [6, 6.07) is 9.81. The molecule has 2 aromatic rings. The van der Waals surface area contributed by atoms with E-state index < -0.39 is 0 Å². The minimum Gasteiger partial charge on any atom is -0.324 e. The molecule has 1 fully saturated rings. The molecule has 1 aromatic carbocycles. The van der Waals surface area contributed by atoms with Gasteiger partial charge in [0.25, 0.3) is 0 Å². The van der Waals surface area contributed by atoms with Crippen LogP contribution in [0.3, 0.4) is 0 Å². The molecule has 114 valence electrons. The third kappa shape index (κ3) is 3.16. The van der Waals surface area contributed by atoms with Gasteiger partial charge in [-0.05, 0) is 49.1 Å². The summed E-state index contributed by atoms with van der Waals surface area (Å²) in [7, 11) is 0. The molecular formula is C17H20N4O. The van der Waals surface area contributed by atoms with Crippen LogP contribution in [0.5, 0.6) is 0 Å². The highest BCUT2D eigenvalue weighted by Crippen LogP contribution is 2.23. The monoisotopic (exact) mass is 296 g/mol. The number of aromatic nitrogens is 1. The minimum atomic E-state index is -0.259. The molecule has 2 heterocycles. The van der Waals surface area contributed by atoms with E-state index in [0.29, 0.717) is 6.42 Å². The molecule has 1 amide bonds. The number of nitrogens with zero attached hydrogens (tertiary/aromatic N) is 1. The normalized spacial score (nSPS) is 20.8. The second-order valence-electron chi connectivity index (χ2n) is 5.72. The van der Waals surface area contributed by atoms with Crippen molar-refractivity contribution < 1.29 is 4.79 Å². The van der Waals surface area contributed by atoms with E-state index in [-0.39, 0.29) is 18.0 Å². The van der Waals surface area contributed by atoms with E-state index >= 15 is 0 Å². The molecule has 2 atom stereocenters. The highest BCUT2D eigenvalue weighted by atomic mass is 16.2. The molecule has 5 nitrogen and oxygen atoms in total. The molecule has 0 aliphatic carbocycles. The number of pyridine rings is 1. The van der Waals surface area contributed by atoms with Crippen LogP contribution in [0.1, 0.15) is 29.2 Å². The molecule has 5 heteroatoms. The molecule has 1 aliphatic heterocycles. The Labute approximate surface area is 130 Å². The van der Waals surface area contributed by atoms with Crippen molar-refractivity contribution in [2.45, 2.75) is 32.4 Å². The summed E-state index contributed by atoms with van der Waals surface area (Å²) in [6.45, 7) is 4.01. The van der Waals surface area contributed by atoms with Crippen LogP contribution >= 0.6 is 0 Å². The molecular weight excluding hydrogens is 276 g/mol. The summed E-state index contributed by atoms with van der Waals surface area (Å²) in [4.78, 5) is 16.5. The van der Waals surface area contributed by atoms with Gasteiger partial charge in [-0.25, -0.2) is 10.9 Å². The fraction of sp³-hybridized carbons (Fsp3) is 0.294. The van der Waals surface area contributed by atoms with Gasteiger partial charge in [0, 0.05) is 24.1 Å². The smallest absolute Gasteiger partial charge is 0.242 e. The average molecular weight is 296 g/mol. The molecule has 2 unspecified atom stereocenters. The molecule has 0 bridgehead atoms. The van der Waals surface area contributed by atoms with Crippen molar-refractivity contribution in [2.24, 2.45) is 0 Å². The van der Waals surface area contributed by atoms with Gasteiger partial charge in [0.1, 0.15) is 6.04 Å². The van der Waals surface area contributed by atoms with Gasteiger partial charge in [-0.3, -0.25) is 9.78 Å². The third-order valence-corrected chi connectivity index (χ3v) is 3.96. The highest BCUT2D eigenvalue weighted by molar-refractivity contribution is 5.95. The van der Waals surface area contributed by atoms with E-state index in [1.165, 1.54) is 0 Å². The van der Waals surface area contributed by atoms with E-state index in [1.807, 2.05) is 50.4 Å². The zero-order chi connectivity index (χ0) is 15.5. The Kier molecular flexibility index (Phi) is 4.18. The number of carbonyl (C=O) groups excluding carboxylic acids is 1. The van der Waals surface area contributed by atoms with Crippen LogP contribution in [0, 0.1) is 13.8 Å². The van der Waals surface area contributed by atoms with Crippen LogP contribution in [0.2, 0.25) is 0 Å². The number of amides is 1. The molecule has 1 aromatic heterocycles. The Balaban J connectivity index is 1.66. The largest absolute Gasteiger partial charge is 0.324 e. The van der Waals surface area contributed by atoms with Crippen molar-refractivity contribution in [3.8, 4) is 0 Å². The summed E-state index contributed by atoms with van der Waals surface area (Å²) < 4.78 is 0. The maximum absolute atomic E-state index is 12.4. The van der Waals surface area contributed by atoms with E-state index in [9.17, 15) is 4.79 Å². The topological polar surface area (TPSA) is 66.0 Å². The third-order valence-electron chi connectivity index (χ3n) is 3.96. The second kappa shape index (κ2) is 6.25. The Bertz CT molecular complexity index is 672. The number of nitrogens with one attached hydrogen (secondary N) is 3. The van der Waals surface area contributed by atoms with Crippen LogP contribution in [0.25, 0.3) is 0 Å². The molecule has 3 N–H and O–H groups in total. The molecule has 0 saturated carbocycles. The van der Waals surface area contributed by atoms with E-state index in [2.05, 4.69) is 21.2 Å². The van der Waals surface area contributed by atoms with Gasteiger partial charge in [-0.15, -0.1) is 0 Å². The van der Waals surface area contributed by atoms with Gasteiger partial charge in [-0.1, -0.05) is 18.2 Å². The van der Waals surface area contributed by atoms with Crippen LogP contribution in [-0.2, 0) is 4.79 Å².